The summed E-state index contributed by atoms with van der Waals surface area (Å²) in [6.45, 7) is 2.36. The van der Waals surface area contributed by atoms with Crippen molar-refractivity contribution in [2.45, 2.75) is 63.1 Å². The fourth-order valence-electron chi connectivity index (χ4n) is 5.97. The van der Waals surface area contributed by atoms with E-state index in [1.54, 1.807) is 12.1 Å². The number of benzene rings is 1. The van der Waals surface area contributed by atoms with Gasteiger partial charge in [-0.05, 0) is 44.7 Å². The summed E-state index contributed by atoms with van der Waals surface area (Å²) in [5.74, 6) is -6.29. The average Bonchev–Trinajstić information content (AvgIpc) is 3.40. The molecule has 0 unspecified atom stereocenters. The van der Waals surface area contributed by atoms with Gasteiger partial charge in [-0.3, -0.25) is 14.4 Å². The number of carbonyl (C=O) groups is 3. The summed E-state index contributed by atoms with van der Waals surface area (Å²) in [7, 11) is 0. The summed E-state index contributed by atoms with van der Waals surface area (Å²) in [6.07, 6.45) is 0.660. The van der Waals surface area contributed by atoms with E-state index in [2.05, 4.69) is 15.6 Å². The summed E-state index contributed by atoms with van der Waals surface area (Å²) in [5, 5.41) is 15.7. The quantitative estimate of drug-likeness (QED) is 0.606. The van der Waals surface area contributed by atoms with Crippen molar-refractivity contribution in [3.05, 3.63) is 35.5 Å². The highest BCUT2D eigenvalue weighted by Crippen LogP contribution is 2.49. The molecular weight excluding hydrogens is 456 g/mol. The number of amides is 3. The van der Waals surface area contributed by atoms with Gasteiger partial charge in [-0.25, -0.2) is 8.78 Å². The Balaban J connectivity index is 1.45. The zero-order chi connectivity index (χ0) is 24.9. The molecule has 1 aromatic heterocycles. The first-order chi connectivity index (χ1) is 16.7. The van der Waals surface area contributed by atoms with Gasteiger partial charge in [0.25, 0.3) is 11.8 Å². The molecule has 5 atom stereocenters. The van der Waals surface area contributed by atoms with Crippen LogP contribution in [0.2, 0.25) is 0 Å². The Morgan fingerprint density at radius 3 is 2.80 bits per heavy atom. The van der Waals surface area contributed by atoms with Crippen molar-refractivity contribution in [1.29, 1.82) is 5.26 Å². The van der Waals surface area contributed by atoms with Gasteiger partial charge in [0, 0.05) is 36.0 Å². The first-order valence-electron chi connectivity index (χ1n) is 12.0. The second-order valence-electron chi connectivity index (χ2n) is 9.88. The maximum absolute atomic E-state index is 15.0. The zero-order valence-corrected chi connectivity index (χ0v) is 19.3. The number of rotatable bonds is 5. The third-order valence-electron chi connectivity index (χ3n) is 7.62. The highest BCUT2D eigenvalue weighted by molar-refractivity contribution is 6.07. The smallest absolute Gasteiger partial charge is 0.256 e. The third-order valence-corrected chi connectivity index (χ3v) is 7.62. The molecule has 0 spiro atoms. The number of nitriles is 1. The van der Waals surface area contributed by atoms with E-state index < -0.39 is 54.1 Å². The number of hydrogen-bond donors (Lipinski definition) is 3. The number of alkyl halides is 2. The van der Waals surface area contributed by atoms with Gasteiger partial charge in [0.05, 0.1) is 23.1 Å². The number of fused-ring (bicyclic) bond motifs is 4. The lowest BCUT2D eigenvalue weighted by Gasteiger charge is -2.53. The van der Waals surface area contributed by atoms with Crippen molar-refractivity contribution in [3.63, 3.8) is 0 Å². The van der Waals surface area contributed by atoms with Gasteiger partial charge in [-0.2, -0.15) is 5.26 Å². The predicted octanol–water partition coefficient (Wildman–Crippen LogP) is 2.64. The average molecular weight is 484 g/mol. The number of aromatic amines is 1. The Labute approximate surface area is 201 Å². The number of nitrogens with zero attached hydrogens (tertiary/aromatic N) is 2. The second-order valence-corrected chi connectivity index (χ2v) is 9.88. The van der Waals surface area contributed by atoms with Crippen molar-refractivity contribution in [2.24, 2.45) is 11.8 Å². The molecule has 2 aromatic rings. The minimum atomic E-state index is -3.09. The number of aryl methyl sites for hydroxylation is 1. The fourth-order valence-corrected chi connectivity index (χ4v) is 5.97. The van der Waals surface area contributed by atoms with E-state index in [0.29, 0.717) is 30.5 Å². The van der Waals surface area contributed by atoms with E-state index in [1.165, 1.54) is 4.90 Å². The molecule has 6 rings (SSSR count). The van der Waals surface area contributed by atoms with Crippen molar-refractivity contribution in [2.75, 3.05) is 6.54 Å². The number of hydrogen-bond acceptors (Lipinski definition) is 4. The van der Waals surface area contributed by atoms with Crippen LogP contribution in [0.3, 0.4) is 0 Å². The largest absolute Gasteiger partial charge is 0.358 e. The van der Waals surface area contributed by atoms with E-state index in [-0.39, 0.29) is 18.7 Å². The Morgan fingerprint density at radius 1 is 1.31 bits per heavy atom. The van der Waals surface area contributed by atoms with Gasteiger partial charge in [0.1, 0.15) is 12.1 Å². The van der Waals surface area contributed by atoms with Crippen LogP contribution in [0.4, 0.5) is 8.78 Å². The third kappa shape index (κ3) is 4.03. The van der Waals surface area contributed by atoms with Gasteiger partial charge in [-0.15, -0.1) is 0 Å². The zero-order valence-electron chi connectivity index (χ0n) is 19.3. The molecule has 2 bridgehead atoms. The van der Waals surface area contributed by atoms with Crippen LogP contribution in [0, 0.1) is 30.1 Å². The molecule has 1 aliphatic carbocycles. The van der Waals surface area contributed by atoms with Crippen LogP contribution in [-0.2, 0) is 9.59 Å². The number of piperidine rings is 2. The lowest BCUT2D eigenvalue weighted by molar-refractivity contribution is -0.179. The Kier molecular flexibility index (Phi) is 5.74. The molecule has 35 heavy (non-hydrogen) atoms. The summed E-state index contributed by atoms with van der Waals surface area (Å²) >= 11 is 0. The monoisotopic (exact) mass is 483 g/mol. The van der Waals surface area contributed by atoms with E-state index >= 15 is 0 Å². The number of H-pyrrole nitrogens is 1. The van der Waals surface area contributed by atoms with Crippen molar-refractivity contribution >= 4 is 28.6 Å². The standard InChI is InChI=1S/C25H27F2N5O3/c1-13-9-14-3-2-4-18(20(14)30-13)24(35)32-17-5-6-19(25(26,27)11-17)21(32)23(34)31-16(12-28)10-15-7-8-29-22(15)33/h2-4,9,15-17,19,21,30H,5-8,10-11H2,1H3,(H,29,33)(H,31,34)/t15-,16+,17+,19+,21-/m1/s1. The van der Waals surface area contributed by atoms with Crippen LogP contribution in [0.25, 0.3) is 10.9 Å². The molecule has 10 heteroatoms. The fraction of sp³-hybridized carbons (Fsp3) is 0.520. The Morgan fingerprint density at radius 2 is 2.11 bits per heavy atom. The van der Waals surface area contributed by atoms with Crippen LogP contribution in [0.15, 0.2) is 24.3 Å². The van der Waals surface area contributed by atoms with Gasteiger partial charge >= 0.3 is 0 Å². The maximum atomic E-state index is 15.0. The van der Waals surface area contributed by atoms with E-state index in [0.717, 1.165) is 11.1 Å². The summed E-state index contributed by atoms with van der Waals surface area (Å²) in [5.41, 5.74) is 1.78. The Hall–Kier alpha value is -3.48. The van der Waals surface area contributed by atoms with Crippen LogP contribution in [-0.4, -0.2) is 58.2 Å². The number of para-hydroxylation sites is 1. The van der Waals surface area contributed by atoms with E-state index in [4.69, 9.17) is 0 Å². The summed E-state index contributed by atoms with van der Waals surface area (Å²) in [6, 6.07) is 5.88. The van der Waals surface area contributed by atoms with Gasteiger partial charge in [-0.1, -0.05) is 12.1 Å². The van der Waals surface area contributed by atoms with Crippen LogP contribution < -0.4 is 10.6 Å². The van der Waals surface area contributed by atoms with Crippen molar-refractivity contribution in [1.82, 2.24) is 20.5 Å². The van der Waals surface area contributed by atoms with E-state index in [9.17, 15) is 28.4 Å². The van der Waals surface area contributed by atoms with Crippen LogP contribution in [0.5, 0.6) is 0 Å². The topological polar surface area (TPSA) is 118 Å². The Bertz CT molecular complexity index is 1240. The van der Waals surface area contributed by atoms with Gasteiger partial charge < -0.3 is 20.5 Å². The van der Waals surface area contributed by atoms with Gasteiger partial charge in [0.15, 0.2) is 0 Å². The number of carbonyl (C=O) groups excluding carboxylic acids is 3. The second kappa shape index (κ2) is 8.63. The highest BCUT2D eigenvalue weighted by Gasteiger charge is 2.60. The molecule has 4 aliphatic rings. The molecule has 1 saturated carbocycles. The minimum Gasteiger partial charge on any atom is -0.358 e. The highest BCUT2D eigenvalue weighted by atomic mass is 19.3. The molecule has 8 nitrogen and oxygen atoms in total. The first-order valence-corrected chi connectivity index (χ1v) is 12.0. The first kappa shape index (κ1) is 23.3. The van der Waals surface area contributed by atoms with Crippen LogP contribution >= 0.6 is 0 Å². The number of halogens is 2. The molecule has 3 aliphatic heterocycles. The molecule has 3 N–H and O–H groups in total. The molecule has 4 heterocycles. The van der Waals surface area contributed by atoms with E-state index in [1.807, 2.05) is 25.1 Å². The van der Waals surface area contributed by atoms with Crippen molar-refractivity contribution < 1.29 is 23.2 Å². The summed E-state index contributed by atoms with van der Waals surface area (Å²) in [4.78, 5) is 43.6. The van der Waals surface area contributed by atoms with Crippen LogP contribution in [0.1, 0.15) is 48.2 Å². The maximum Gasteiger partial charge on any atom is 0.256 e. The molecule has 3 amide bonds. The predicted molar refractivity (Wildman–Crippen MR) is 122 cm³/mol. The molecule has 4 fully saturated rings. The lowest BCUT2D eigenvalue weighted by Crippen LogP contribution is -2.68. The normalized spacial score (nSPS) is 27.9. The van der Waals surface area contributed by atoms with Gasteiger partial charge in [0.2, 0.25) is 11.8 Å². The molecule has 0 radical (unpaired) electrons. The molecule has 1 aromatic carbocycles. The molecule has 184 valence electrons. The summed E-state index contributed by atoms with van der Waals surface area (Å²) < 4.78 is 29.9. The molecular formula is C25H27F2N5O3. The molecule has 3 saturated heterocycles. The SMILES string of the molecule is Cc1cc2cccc(C(=O)N3[C@H]4CC[C@@H]([C@@H]3C(=O)N[C@H](C#N)C[C@H]3CCNC3=O)C(F)(F)C4)c2[nH]1. The number of aromatic nitrogens is 1. The lowest BCUT2D eigenvalue weighted by atomic mass is 9.71. The van der Waals surface area contributed by atoms with Crippen molar-refractivity contribution in [3.8, 4) is 6.07 Å². The number of nitrogens with one attached hydrogen (secondary N) is 3. The minimum absolute atomic E-state index is 0.0975.